The molecule has 0 bridgehead atoms. The first-order valence-corrected chi connectivity index (χ1v) is 8.76. The van der Waals surface area contributed by atoms with Crippen LogP contribution in [0.15, 0.2) is 0 Å². The van der Waals surface area contributed by atoms with E-state index in [0.29, 0.717) is 0 Å². The van der Waals surface area contributed by atoms with Gasteiger partial charge in [-0.25, -0.2) is 0 Å². The number of hydrogen-bond acceptors (Lipinski definition) is 3. The largest absolute Gasteiger partial charge is 0.311 e. The van der Waals surface area contributed by atoms with Crippen LogP contribution in [0.3, 0.4) is 0 Å². The molecule has 2 fully saturated rings. The second-order valence-electron chi connectivity index (χ2n) is 7.72. The lowest BCUT2D eigenvalue weighted by molar-refractivity contribution is 0.113. The molecule has 0 spiro atoms. The lowest BCUT2D eigenvalue weighted by Gasteiger charge is -2.39. The summed E-state index contributed by atoms with van der Waals surface area (Å²) in [5.41, 5.74) is 0.246. The zero-order chi connectivity index (χ0) is 14.4. The van der Waals surface area contributed by atoms with E-state index in [-0.39, 0.29) is 5.54 Å². The third-order valence-electron chi connectivity index (χ3n) is 4.77. The Kier molecular flexibility index (Phi) is 6.31. The van der Waals surface area contributed by atoms with E-state index in [0.717, 1.165) is 12.6 Å². The molecule has 0 saturated carbocycles. The Hall–Kier alpha value is -0.120. The standard InChI is InChI=1S/C17H35N3/c1-17(2,3)18-15-16-9-5-8-12-20(16)14-13-19-10-6-4-7-11-19/h16,18H,4-15H2,1-3H3. The normalized spacial score (nSPS) is 26.9. The molecule has 20 heavy (non-hydrogen) atoms. The van der Waals surface area contributed by atoms with Gasteiger partial charge in [-0.05, 0) is 66.1 Å². The molecule has 0 amide bonds. The number of hydrogen-bond donors (Lipinski definition) is 1. The van der Waals surface area contributed by atoms with Gasteiger partial charge in [0.05, 0.1) is 0 Å². The molecule has 118 valence electrons. The molecule has 2 saturated heterocycles. The predicted octanol–water partition coefficient (Wildman–Crippen LogP) is 2.71. The van der Waals surface area contributed by atoms with Crippen LogP contribution < -0.4 is 5.32 Å². The molecule has 2 aliphatic rings. The van der Waals surface area contributed by atoms with Crippen molar-refractivity contribution in [2.24, 2.45) is 0 Å². The minimum absolute atomic E-state index is 0.246. The van der Waals surface area contributed by atoms with Crippen LogP contribution in [0.4, 0.5) is 0 Å². The van der Waals surface area contributed by atoms with Crippen LogP contribution in [-0.2, 0) is 0 Å². The zero-order valence-electron chi connectivity index (χ0n) is 14.0. The molecule has 0 aromatic rings. The molecule has 1 unspecified atom stereocenters. The second kappa shape index (κ2) is 7.77. The average molecular weight is 281 g/mol. The maximum Gasteiger partial charge on any atom is 0.0221 e. The Balaban J connectivity index is 1.74. The third-order valence-corrected chi connectivity index (χ3v) is 4.77. The molecule has 3 nitrogen and oxygen atoms in total. The van der Waals surface area contributed by atoms with E-state index in [4.69, 9.17) is 0 Å². The molecule has 1 N–H and O–H groups in total. The fourth-order valence-electron chi connectivity index (χ4n) is 3.46. The fraction of sp³-hybridized carbons (Fsp3) is 1.00. The van der Waals surface area contributed by atoms with Crippen molar-refractivity contribution in [2.75, 3.05) is 39.3 Å². The highest BCUT2D eigenvalue weighted by atomic mass is 15.2. The van der Waals surface area contributed by atoms with Crippen molar-refractivity contribution in [1.29, 1.82) is 0 Å². The van der Waals surface area contributed by atoms with Crippen molar-refractivity contribution >= 4 is 0 Å². The maximum atomic E-state index is 3.70. The summed E-state index contributed by atoms with van der Waals surface area (Å²) in [4.78, 5) is 5.42. The van der Waals surface area contributed by atoms with Gasteiger partial charge in [0.25, 0.3) is 0 Å². The van der Waals surface area contributed by atoms with Crippen LogP contribution in [0.25, 0.3) is 0 Å². The van der Waals surface area contributed by atoms with E-state index in [2.05, 4.69) is 35.9 Å². The summed E-state index contributed by atoms with van der Waals surface area (Å²) in [6.07, 6.45) is 8.45. The molecule has 2 rings (SSSR count). The van der Waals surface area contributed by atoms with Crippen LogP contribution in [0.5, 0.6) is 0 Å². The van der Waals surface area contributed by atoms with Crippen LogP contribution in [0.2, 0.25) is 0 Å². The number of nitrogens with one attached hydrogen (secondary N) is 1. The summed E-state index contributed by atoms with van der Waals surface area (Å²) < 4.78 is 0. The smallest absolute Gasteiger partial charge is 0.0221 e. The van der Waals surface area contributed by atoms with E-state index < -0.39 is 0 Å². The van der Waals surface area contributed by atoms with Crippen molar-refractivity contribution < 1.29 is 0 Å². The summed E-state index contributed by atoms with van der Waals surface area (Å²) in [5.74, 6) is 0. The fourth-order valence-corrected chi connectivity index (χ4v) is 3.46. The third kappa shape index (κ3) is 5.71. The number of piperidine rings is 2. The van der Waals surface area contributed by atoms with Gasteiger partial charge in [0.15, 0.2) is 0 Å². The highest BCUT2D eigenvalue weighted by Crippen LogP contribution is 2.17. The first-order valence-electron chi connectivity index (χ1n) is 8.76. The number of nitrogens with zero attached hydrogens (tertiary/aromatic N) is 2. The van der Waals surface area contributed by atoms with Gasteiger partial charge in [0.1, 0.15) is 0 Å². The van der Waals surface area contributed by atoms with Crippen LogP contribution in [0, 0.1) is 0 Å². The maximum absolute atomic E-state index is 3.70. The van der Waals surface area contributed by atoms with E-state index in [9.17, 15) is 0 Å². The van der Waals surface area contributed by atoms with Crippen LogP contribution in [-0.4, -0.2) is 60.6 Å². The molecule has 0 radical (unpaired) electrons. The molecule has 0 aliphatic carbocycles. The first-order chi connectivity index (χ1) is 9.54. The first kappa shape index (κ1) is 16.3. The Labute approximate surface area is 126 Å². The monoisotopic (exact) mass is 281 g/mol. The summed E-state index contributed by atoms with van der Waals surface area (Å²) in [7, 11) is 0. The molecular weight excluding hydrogens is 246 g/mol. The highest BCUT2D eigenvalue weighted by molar-refractivity contribution is 4.83. The van der Waals surface area contributed by atoms with Crippen LogP contribution in [0.1, 0.15) is 59.3 Å². The Morgan fingerprint density at radius 1 is 0.900 bits per heavy atom. The Morgan fingerprint density at radius 3 is 2.30 bits per heavy atom. The molecule has 2 heterocycles. The van der Waals surface area contributed by atoms with Crippen molar-refractivity contribution in [1.82, 2.24) is 15.1 Å². The van der Waals surface area contributed by atoms with Crippen molar-refractivity contribution in [3.63, 3.8) is 0 Å². The molecule has 0 aromatic carbocycles. The van der Waals surface area contributed by atoms with E-state index in [1.54, 1.807) is 0 Å². The summed E-state index contributed by atoms with van der Waals surface area (Å²) in [6.45, 7) is 14.5. The summed E-state index contributed by atoms with van der Waals surface area (Å²) >= 11 is 0. The van der Waals surface area contributed by atoms with Gasteiger partial charge >= 0.3 is 0 Å². The predicted molar refractivity (Wildman–Crippen MR) is 87.3 cm³/mol. The van der Waals surface area contributed by atoms with Gasteiger partial charge in [0, 0.05) is 31.2 Å². The number of likely N-dealkylation sites (tertiary alicyclic amines) is 2. The minimum atomic E-state index is 0.246. The Bertz CT molecular complexity index is 266. The van der Waals surface area contributed by atoms with Gasteiger partial charge in [-0.2, -0.15) is 0 Å². The summed E-state index contributed by atoms with van der Waals surface area (Å²) in [6, 6.07) is 0.757. The van der Waals surface area contributed by atoms with Gasteiger partial charge < -0.3 is 10.2 Å². The Morgan fingerprint density at radius 2 is 1.60 bits per heavy atom. The van der Waals surface area contributed by atoms with E-state index in [1.165, 1.54) is 71.2 Å². The highest BCUT2D eigenvalue weighted by Gasteiger charge is 2.24. The van der Waals surface area contributed by atoms with Gasteiger partial charge in [-0.3, -0.25) is 4.90 Å². The lowest BCUT2D eigenvalue weighted by atomic mass is 10.0. The van der Waals surface area contributed by atoms with Crippen molar-refractivity contribution in [3.05, 3.63) is 0 Å². The molecule has 2 aliphatic heterocycles. The minimum Gasteiger partial charge on any atom is -0.311 e. The van der Waals surface area contributed by atoms with E-state index in [1.807, 2.05) is 0 Å². The lowest BCUT2D eigenvalue weighted by Crippen LogP contribution is -2.51. The second-order valence-corrected chi connectivity index (χ2v) is 7.72. The SMILES string of the molecule is CC(C)(C)NCC1CCCCN1CCN1CCCCC1. The summed E-state index contributed by atoms with van der Waals surface area (Å²) in [5, 5.41) is 3.70. The van der Waals surface area contributed by atoms with Crippen LogP contribution >= 0.6 is 0 Å². The topological polar surface area (TPSA) is 18.5 Å². The van der Waals surface area contributed by atoms with E-state index >= 15 is 0 Å². The van der Waals surface area contributed by atoms with Crippen molar-refractivity contribution in [3.8, 4) is 0 Å². The van der Waals surface area contributed by atoms with Crippen molar-refractivity contribution in [2.45, 2.75) is 70.9 Å². The van der Waals surface area contributed by atoms with Gasteiger partial charge in [0.2, 0.25) is 0 Å². The molecular formula is C17H35N3. The van der Waals surface area contributed by atoms with Gasteiger partial charge in [-0.1, -0.05) is 12.8 Å². The van der Waals surface area contributed by atoms with Gasteiger partial charge in [-0.15, -0.1) is 0 Å². The molecule has 3 heteroatoms. The average Bonchev–Trinajstić information content (AvgIpc) is 2.44. The zero-order valence-corrected chi connectivity index (χ0v) is 14.0. The molecule has 0 aromatic heterocycles. The quantitative estimate of drug-likeness (QED) is 0.836. The number of rotatable bonds is 5. The molecule has 1 atom stereocenters.